The Morgan fingerprint density at radius 1 is 1.46 bits per heavy atom. The molecule has 0 fully saturated rings. The van der Waals surface area contributed by atoms with Crippen molar-refractivity contribution in [3.05, 3.63) is 40.4 Å². The molecule has 2 heterocycles. The number of carbonyl (C=O) groups excluding carboxylic acids is 1. The number of aromatic amines is 1. The zero-order chi connectivity index (χ0) is 17.3. The van der Waals surface area contributed by atoms with Crippen LogP contribution in [0.25, 0.3) is 0 Å². The second kappa shape index (κ2) is 6.76. The van der Waals surface area contributed by atoms with Gasteiger partial charge in [-0.3, -0.25) is 9.89 Å². The average Bonchev–Trinajstić information content (AvgIpc) is 3.08. The molecule has 1 aliphatic rings. The topological polar surface area (TPSA) is 71.9 Å². The number of hydrogen-bond donors (Lipinski definition) is 2. The minimum Gasteiger partial charge on any atom is -0.480 e. The van der Waals surface area contributed by atoms with E-state index in [4.69, 9.17) is 17.0 Å². The number of carbonyl (C=O) groups is 1. The predicted octanol–water partition coefficient (Wildman–Crippen LogP) is 2.74. The first-order valence-electron chi connectivity index (χ1n) is 8.18. The van der Waals surface area contributed by atoms with Crippen molar-refractivity contribution in [1.29, 1.82) is 0 Å². The summed E-state index contributed by atoms with van der Waals surface area (Å²) in [5.74, 6) is 1.60. The molecule has 1 amide bonds. The Kier molecular flexibility index (Phi) is 4.71. The van der Waals surface area contributed by atoms with Gasteiger partial charge in [0.25, 0.3) is 5.91 Å². The van der Waals surface area contributed by atoms with Crippen molar-refractivity contribution in [2.45, 2.75) is 45.3 Å². The van der Waals surface area contributed by atoms with E-state index in [0.29, 0.717) is 17.7 Å². The van der Waals surface area contributed by atoms with Crippen LogP contribution in [0.1, 0.15) is 44.1 Å². The molecular weight excluding hydrogens is 324 g/mol. The quantitative estimate of drug-likeness (QED) is 0.817. The van der Waals surface area contributed by atoms with Crippen LogP contribution in [0.3, 0.4) is 0 Å². The van der Waals surface area contributed by atoms with Gasteiger partial charge in [-0.05, 0) is 32.1 Å². The minimum absolute atomic E-state index is 0.0476. The van der Waals surface area contributed by atoms with Gasteiger partial charge in [0.2, 0.25) is 0 Å². The highest BCUT2D eigenvalue weighted by Gasteiger charge is 2.35. The lowest BCUT2D eigenvalue weighted by molar-refractivity contribution is -0.127. The van der Waals surface area contributed by atoms with Crippen molar-refractivity contribution >= 4 is 18.1 Å². The molecule has 3 rings (SSSR count). The van der Waals surface area contributed by atoms with Crippen molar-refractivity contribution in [2.24, 2.45) is 0 Å². The third-order valence-corrected chi connectivity index (χ3v) is 4.61. The first kappa shape index (κ1) is 16.7. The van der Waals surface area contributed by atoms with E-state index in [1.807, 2.05) is 35.8 Å². The van der Waals surface area contributed by atoms with E-state index in [1.54, 1.807) is 0 Å². The molecule has 2 N–H and O–H groups in total. The van der Waals surface area contributed by atoms with Gasteiger partial charge in [-0.15, -0.1) is 0 Å². The first-order valence-corrected chi connectivity index (χ1v) is 8.59. The SMILES string of the molecule is CC(C)n1c(CCNC(=O)[C@H]2Oc3ccccc3[C@@H]2C)n[nH]c1=S. The largest absolute Gasteiger partial charge is 0.480 e. The lowest BCUT2D eigenvalue weighted by atomic mass is 9.97. The molecule has 2 atom stereocenters. The van der Waals surface area contributed by atoms with Crippen LogP contribution in [0, 0.1) is 4.77 Å². The van der Waals surface area contributed by atoms with Gasteiger partial charge >= 0.3 is 0 Å². The van der Waals surface area contributed by atoms with Gasteiger partial charge in [-0.25, -0.2) is 0 Å². The number of para-hydroxylation sites is 1. The lowest BCUT2D eigenvalue weighted by Gasteiger charge is -2.15. The summed E-state index contributed by atoms with van der Waals surface area (Å²) < 4.78 is 8.36. The fourth-order valence-electron chi connectivity index (χ4n) is 3.09. The van der Waals surface area contributed by atoms with Crippen LogP contribution in [-0.4, -0.2) is 33.3 Å². The number of rotatable bonds is 5. The molecule has 0 aliphatic carbocycles. The van der Waals surface area contributed by atoms with Gasteiger partial charge in [-0.1, -0.05) is 25.1 Å². The van der Waals surface area contributed by atoms with Gasteiger partial charge in [0.1, 0.15) is 11.6 Å². The van der Waals surface area contributed by atoms with E-state index >= 15 is 0 Å². The maximum absolute atomic E-state index is 12.4. The third kappa shape index (κ3) is 3.08. The molecule has 128 valence electrons. The maximum atomic E-state index is 12.4. The molecule has 0 radical (unpaired) electrons. The van der Waals surface area contributed by atoms with Gasteiger partial charge in [0, 0.05) is 30.5 Å². The molecule has 6 nitrogen and oxygen atoms in total. The van der Waals surface area contributed by atoms with Crippen LogP contribution < -0.4 is 10.1 Å². The van der Waals surface area contributed by atoms with E-state index in [-0.39, 0.29) is 17.9 Å². The number of aromatic nitrogens is 3. The average molecular weight is 346 g/mol. The standard InChI is InChI=1S/C17H22N4O2S/c1-10(2)21-14(19-20-17(21)24)8-9-18-16(22)15-11(3)12-6-4-5-7-13(12)23-15/h4-7,10-11,15H,8-9H2,1-3H3,(H,18,22)(H,20,24)/t11-,15-/m0/s1. The minimum atomic E-state index is -0.478. The van der Waals surface area contributed by atoms with Crippen molar-refractivity contribution in [2.75, 3.05) is 6.54 Å². The van der Waals surface area contributed by atoms with E-state index < -0.39 is 6.10 Å². The Bertz CT molecular complexity index is 796. The molecule has 2 aromatic rings. The number of fused-ring (bicyclic) bond motifs is 1. The zero-order valence-corrected chi connectivity index (χ0v) is 14.9. The maximum Gasteiger partial charge on any atom is 0.261 e. The van der Waals surface area contributed by atoms with Crippen LogP contribution in [0.15, 0.2) is 24.3 Å². The van der Waals surface area contributed by atoms with Crippen LogP contribution in [0.5, 0.6) is 5.75 Å². The molecule has 0 spiro atoms. The highest BCUT2D eigenvalue weighted by Crippen LogP contribution is 2.37. The second-order valence-electron chi connectivity index (χ2n) is 6.31. The normalized spacial score (nSPS) is 19.2. The first-order chi connectivity index (χ1) is 11.5. The van der Waals surface area contributed by atoms with Gasteiger partial charge in [0.05, 0.1) is 0 Å². The highest BCUT2D eigenvalue weighted by atomic mass is 32.1. The Morgan fingerprint density at radius 3 is 2.92 bits per heavy atom. The molecule has 0 saturated carbocycles. The van der Waals surface area contributed by atoms with Crippen LogP contribution in [0.4, 0.5) is 0 Å². The van der Waals surface area contributed by atoms with E-state index in [0.717, 1.165) is 17.1 Å². The second-order valence-corrected chi connectivity index (χ2v) is 6.70. The number of ether oxygens (including phenoxy) is 1. The summed E-state index contributed by atoms with van der Waals surface area (Å²) in [6.07, 6.45) is 0.138. The van der Waals surface area contributed by atoms with Crippen molar-refractivity contribution in [1.82, 2.24) is 20.1 Å². The Hall–Kier alpha value is -2.15. The van der Waals surface area contributed by atoms with E-state index in [9.17, 15) is 4.79 Å². The number of nitrogens with zero attached hydrogens (tertiary/aromatic N) is 2. The Morgan fingerprint density at radius 2 is 2.21 bits per heavy atom. The molecule has 24 heavy (non-hydrogen) atoms. The fraction of sp³-hybridized carbons (Fsp3) is 0.471. The van der Waals surface area contributed by atoms with Crippen LogP contribution in [0.2, 0.25) is 0 Å². The summed E-state index contributed by atoms with van der Waals surface area (Å²) in [5.41, 5.74) is 1.08. The summed E-state index contributed by atoms with van der Waals surface area (Å²) >= 11 is 5.23. The molecule has 0 unspecified atom stereocenters. The van der Waals surface area contributed by atoms with Gasteiger partial charge in [-0.2, -0.15) is 5.10 Å². The number of nitrogens with one attached hydrogen (secondary N) is 2. The van der Waals surface area contributed by atoms with Crippen LogP contribution >= 0.6 is 12.2 Å². The summed E-state index contributed by atoms with van der Waals surface area (Å²) in [7, 11) is 0. The summed E-state index contributed by atoms with van der Waals surface area (Å²) in [5, 5.41) is 10.00. The molecule has 0 bridgehead atoms. The zero-order valence-electron chi connectivity index (χ0n) is 14.1. The number of hydrogen-bond acceptors (Lipinski definition) is 4. The monoisotopic (exact) mass is 346 g/mol. The predicted molar refractivity (Wildman–Crippen MR) is 93.8 cm³/mol. The van der Waals surface area contributed by atoms with Crippen molar-refractivity contribution in [3.8, 4) is 5.75 Å². The molecule has 1 aromatic carbocycles. The molecule has 7 heteroatoms. The number of benzene rings is 1. The number of H-pyrrole nitrogens is 1. The fourth-order valence-corrected chi connectivity index (χ4v) is 3.45. The smallest absolute Gasteiger partial charge is 0.261 e. The Balaban J connectivity index is 1.59. The van der Waals surface area contributed by atoms with Crippen molar-refractivity contribution in [3.63, 3.8) is 0 Å². The van der Waals surface area contributed by atoms with Gasteiger partial charge < -0.3 is 14.6 Å². The highest BCUT2D eigenvalue weighted by molar-refractivity contribution is 7.71. The lowest BCUT2D eigenvalue weighted by Crippen LogP contribution is -2.40. The van der Waals surface area contributed by atoms with Crippen molar-refractivity contribution < 1.29 is 9.53 Å². The van der Waals surface area contributed by atoms with E-state index in [1.165, 1.54) is 0 Å². The molecule has 1 aromatic heterocycles. The molecule has 1 aliphatic heterocycles. The molecular formula is C17H22N4O2S. The van der Waals surface area contributed by atoms with E-state index in [2.05, 4.69) is 29.4 Å². The Labute approximate surface area is 146 Å². The molecule has 0 saturated heterocycles. The summed E-state index contributed by atoms with van der Waals surface area (Å²) in [6, 6.07) is 8.02. The number of amides is 1. The summed E-state index contributed by atoms with van der Waals surface area (Å²) in [6.45, 7) is 6.62. The van der Waals surface area contributed by atoms with Crippen LogP contribution in [-0.2, 0) is 11.2 Å². The third-order valence-electron chi connectivity index (χ3n) is 4.32. The summed E-state index contributed by atoms with van der Waals surface area (Å²) in [4.78, 5) is 12.4. The van der Waals surface area contributed by atoms with Gasteiger partial charge in [0.15, 0.2) is 10.9 Å².